The molecule has 1 saturated carbocycles. The molecule has 2 atom stereocenters. The first kappa shape index (κ1) is 12.5. The molecule has 88 valence electrons. The van der Waals surface area contributed by atoms with E-state index in [0.717, 1.165) is 19.3 Å². The summed E-state index contributed by atoms with van der Waals surface area (Å²) < 4.78 is 0. The lowest BCUT2D eigenvalue weighted by Gasteiger charge is -2.47. The zero-order valence-corrected chi connectivity index (χ0v) is 10.3. The Balaban J connectivity index is 2.83. The fourth-order valence-corrected chi connectivity index (χ4v) is 3.37. The number of amides is 1. The number of hydrogen-bond acceptors (Lipinski definition) is 2. The maximum atomic E-state index is 11.2. The molecule has 3 heteroatoms. The van der Waals surface area contributed by atoms with Gasteiger partial charge in [-0.25, -0.2) is 0 Å². The molecule has 0 radical (unpaired) electrons. The Hall–Kier alpha value is -0.570. The summed E-state index contributed by atoms with van der Waals surface area (Å²) in [5, 5.41) is 12.5. The molecule has 0 aromatic carbocycles. The number of hydrogen-bond donors (Lipinski definition) is 2. The highest BCUT2D eigenvalue weighted by Gasteiger charge is 2.42. The lowest BCUT2D eigenvalue weighted by molar-refractivity contribution is -0.123. The fraction of sp³-hybridized carbons (Fsp3) is 0.917. The summed E-state index contributed by atoms with van der Waals surface area (Å²) in [6, 6.07) is 0. The molecule has 3 nitrogen and oxygen atoms in total. The van der Waals surface area contributed by atoms with Gasteiger partial charge < -0.3 is 10.4 Å². The van der Waals surface area contributed by atoms with Crippen molar-refractivity contribution in [1.29, 1.82) is 0 Å². The van der Waals surface area contributed by atoms with Crippen LogP contribution in [-0.2, 0) is 4.79 Å². The van der Waals surface area contributed by atoms with Crippen LogP contribution < -0.4 is 5.32 Å². The maximum Gasteiger partial charge on any atom is 0.217 e. The molecule has 1 aliphatic carbocycles. The van der Waals surface area contributed by atoms with Crippen LogP contribution in [0.15, 0.2) is 0 Å². The fourth-order valence-electron chi connectivity index (χ4n) is 3.37. The van der Waals surface area contributed by atoms with E-state index in [1.54, 1.807) is 0 Å². The van der Waals surface area contributed by atoms with Crippen molar-refractivity contribution in [2.24, 2.45) is 11.3 Å². The lowest BCUT2D eigenvalue weighted by atomic mass is 9.64. The third-order valence-electron chi connectivity index (χ3n) is 3.20. The summed E-state index contributed by atoms with van der Waals surface area (Å²) >= 11 is 0. The second-order valence-electron chi connectivity index (χ2n) is 5.97. The van der Waals surface area contributed by atoms with Gasteiger partial charge in [-0.2, -0.15) is 0 Å². The molecule has 15 heavy (non-hydrogen) atoms. The summed E-state index contributed by atoms with van der Waals surface area (Å²) in [5.41, 5.74) is -0.199. The molecule has 0 heterocycles. The smallest absolute Gasteiger partial charge is 0.217 e. The van der Waals surface area contributed by atoms with Crippen molar-refractivity contribution in [3.05, 3.63) is 0 Å². The second kappa shape index (κ2) is 4.12. The van der Waals surface area contributed by atoms with Gasteiger partial charge in [0.1, 0.15) is 0 Å². The van der Waals surface area contributed by atoms with Crippen LogP contribution in [0.4, 0.5) is 0 Å². The van der Waals surface area contributed by atoms with Gasteiger partial charge in [0.05, 0.1) is 12.1 Å². The molecule has 0 unspecified atom stereocenters. The van der Waals surface area contributed by atoms with E-state index in [2.05, 4.69) is 26.1 Å². The number of aliphatic hydroxyl groups is 1. The summed E-state index contributed by atoms with van der Waals surface area (Å²) in [6.07, 6.45) is 2.90. The van der Waals surface area contributed by atoms with Crippen molar-refractivity contribution in [3.8, 4) is 0 Å². The first-order valence-corrected chi connectivity index (χ1v) is 5.68. The molecule has 0 aliphatic heterocycles. The van der Waals surface area contributed by atoms with Crippen molar-refractivity contribution < 1.29 is 9.90 Å². The number of carbonyl (C=O) groups excluding carboxylic acids is 1. The van der Waals surface area contributed by atoms with E-state index in [0.29, 0.717) is 5.92 Å². The van der Waals surface area contributed by atoms with Crippen LogP contribution in [0, 0.1) is 11.3 Å². The monoisotopic (exact) mass is 213 g/mol. The van der Waals surface area contributed by atoms with Gasteiger partial charge >= 0.3 is 0 Å². The summed E-state index contributed by atoms with van der Waals surface area (Å²) in [6.45, 7) is 8.15. The molecule has 0 spiro atoms. The largest absolute Gasteiger partial charge is 0.394 e. The molecule has 0 aromatic heterocycles. The van der Waals surface area contributed by atoms with Gasteiger partial charge in [-0.1, -0.05) is 20.8 Å². The van der Waals surface area contributed by atoms with E-state index >= 15 is 0 Å². The van der Waals surface area contributed by atoms with Crippen molar-refractivity contribution in [2.45, 2.75) is 52.5 Å². The topological polar surface area (TPSA) is 49.3 Å². The van der Waals surface area contributed by atoms with Gasteiger partial charge in [0.25, 0.3) is 0 Å². The molecule has 1 fully saturated rings. The van der Waals surface area contributed by atoms with Crippen LogP contribution in [0.2, 0.25) is 0 Å². The van der Waals surface area contributed by atoms with Gasteiger partial charge in [0, 0.05) is 6.92 Å². The zero-order valence-electron chi connectivity index (χ0n) is 10.3. The van der Waals surface area contributed by atoms with Gasteiger partial charge in [-0.15, -0.1) is 0 Å². The number of carbonyl (C=O) groups is 1. The molecular weight excluding hydrogens is 190 g/mol. The maximum absolute atomic E-state index is 11.2. The quantitative estimate of drug-likeness (QED) is 0.733. The van der Waals surface area contributed by atoms with Gasteiger partial charge in [-0.3, -0.25) is 4.79 Å². The predicted molar refractivity (Wildman–Crippen MR) is 60.4 cm³/mol. The first-order chi connectivity index (χ1) is 6.79. The number of aliphatic hydroxyl groups excluding tert-OH is 1. The molecule has 1 rings (SSSR count). The standard InChI is InChI=1S/C12H23NO2/c1-9-5-11(3,4)7-12(6-9,8-14)13-10(2)15/h9,14H,5-8H2,1-4H3,(H,13,15)/t9-,12+/m1/s1. The van der Waals surface area contributed by atoms with Crippen molar-refractivity contribution >= 4 is 5.91 Å². The average Bonchev–Trinajstić information content (AvgIpc) is 1.98. The van der Waals surface area contributed by atoms with Crippen LogP contribution in [0.3, 0.4) is 0 Å². The van der Waals surface area contributed by atoms with E-state index in [4.69, 9.17) is 0 Å². The van der Waals surface area contributed by atoms with Gasteiger partial charge in [0.2, 0.25) is 5.91 Å². The zero-order chi connectivity index (χ0) is 11.7. The third kappa shape index (κ3) is 3.20. The summed E-state index contributed by atoms with van der Waals surface area (Å²) in [7, 11) is 0. The van der Waals surface area contributed by atoms with Crippen molar-refractivity contribution in [1.82, 2.24) is 5.32 Å². The Bertz CT molecular complexity index is 250. The Kier molecular flexibility index (Phi) is 3.44. The summed E-state index contributed by atoms with van der Waals surface area (Å²) in [5.74, 6) is 0.502. The Morgan fingerprint density at radius 2 is 2.07 bits per heavy atom. The highest BCUT2D eigenvalue weighted by atomic mass is 16.3. The van der Waals surface area contributed by atoms with E-state index in [1.807, 2.05) is 0 Å². The van der Waals surface area contributed by atoms with E-state index < -0.39 is 5.54 Å². The number of nitrogens with one attached hydrogen (secondary N) is 1. The van der Waals surface area contributed by atoms with Crippen LogP contribution >= 0.6 is 0 Å². The van der Waals surface area contributed by atoms with Crippen LogP contribution in [-0.4, -0.2) is 23.2 Å². The summed E-state index contributed by atoms with van der Waals surface area (Å²) in [4.78, 5) is 11.2. The predicted octanol–water partition coefficient (Wildman–Crippen LogP) is 1.70. The van der Waals surface area contributed by atoms with Crippen LogP contribution in [0.5, 0.6) is 0 Å². The van der Waals surface area contributed by atoms with Crippen molar-refractivity contribution in [3.63, 3.8) is 0 Å². The Morgan fingerprint density at radius 1 is 1.47 bits per heavy atom. The third-order valence-corrected chi connectivity index (χ3v) is 3.20. The molecule has 1 aliphatic rings. The average molecular weight is 213 g/mol. The molecule has 1 amide bonds. The first-order valence-electron chi connectivity index (χ1n) is 5.68. The second-order valence-corrected chi connectivity index (χ2v) is 5.97. The van der Waals surface area contributed by atoms with Gasteiger partial charge in [0.15, 0.2) is 0 Å². The molecule has 2 N–H and O–H groups in total. The normalized spacial score (nSPS) is 34.9. The minimum absolute atomic E-state index is 0.0420. The lowest BCUT2D eigenvalue weighted by Crippen LogP contribution is -2.56. The SMILES string of the molecule is CC(=O)N[C@@]1(CO)C[C@H](C)CC(C)(C)C1. The molecule has 0 bridgehead atoms. The number of rotatable bonds is 2. The Morgan fingerprint density at radius 3 is 2.47 bits per heavy atom. The Labute approximate surface area is 92.3 Å². The molecular formula is C12H23NO2. The van der Waals surface area contributed by atoms with Gasteiger partial charge in [-0.05, 0) is 30.6 Å². The van der Waals surface area contributed by atoms with E-state index in [1.165, 1.54) is 6.92 Å². The minimum Gasteiger partial charge on any atom is -0.394 e. The van der Waals surface area contributed by atoms with Crippen LogP contribution in [0.25, 0.3) is 0 Å². The van der Waals surface area contributed by atoms with Crippen molar-refractivity contribution in [2.75, 3.05) is 6.61 Å². The van der Waals surface area contributed by atoms with E-state index in [9.17, 15) is 9.90 Å². The molecule has 0 saturated heterocycles. The highest BCUT2D eigenvalue weighted by molar-refractivity contribution is 5.73. The minimum atomic E-state index is -0.396. The van der Waals surface area contributed by atoms with E-state index in [-0.39, 0.29) is 17.9 Å². The molecule has 0 aromatic rings. The van der Waals surface area contributed by atoms with Crippen LogP contribution in [0.1, 0.15) is 47.0 Å². The highest BCUT2D eigenvalue weighted by Crippen LogP contribution is 2.43.